The Hall–Kier alpha value is -1.27. The van der Waals surface area contributed by atoms with E-state index in [-0.39, 0.29) is 5.82 Å². The summed E-state index contributed by atoms with van der Waals surface area (Å²) in [6.07, 6.45) is 0. The van der Waals surface area contributed by atoms with Crippen LogP contribution in [0.4, 0.5) is 4.39 Å². The second-order valence-corrected chi connectivity index (χ2v) is 4.49. The molecule has 1 aromatic heterocycles. The molecule has 1 N–H and O–H groups in total. The van der Waals surface area contributed by atoms with E-state index in [2.05, 4.69) is 31.4 Å². The van der Waals surface area contributed by atoms with Gasteiger partial charge in [-0.25, -0.2) is 4.39 Å². The molecule has 2 aromatic rings. The molecule has 1 heterocycles. The maximum atomic E-state index is 13.5. The molecule has 0 bridgehead atoms. The number of aromatic nitrogens is 2. The van der Waals surface area contributed by atoms with Crippen LogP contribution in [0.2, 0.25) is 0 Å². The predicted molar refractivity (Wildman–Crippen MR) is 63.7 cm³/mol. The number of hydrogen-bond acceptors (Lipinski definition) is 4. The van der Waals surface area contributed by atoms with Gasteiger partial charge in [-0.3, -0.25) is 0 Å². The van der Waals surface area contributed by atoms with E-state index in [9.17, 15) is 4.39 Å². The van der Waals surface area contributed by atoms with Gasteiger partial charge in [0.05, 0.1) is 6.54 Å². The van der Waals surface area contributed by atoms with Crippen LogP contribution in [-0.2, 0) is 13.1 Å². The van der Waals surface area contributed by atoms with Crippen molar-refractivity contribution in [2.45, 2.75) is 20.0 Å². The second kappa shape index (κ2) is 5.37. The summed E-state index contributed by atoms with van der Waals surface area (Å²) in [5.74, 6) is 0.852. The number of aryl methyl sites for hydroxylation is 1. The van der Waals surface area contributed by atoms with Crippen molar-refractivity contribution in [2.75, 3.05) is 0 Å². The zero-order valence-electron chi connectivity index (χ0n) is 9.20. The van der Waals surface area contributed by atoms with Crippen LogP contribution < -0.4 is 5.32 Å². The van der Waals surface area contributed by atoms with Crippen molar-refractivity contribution >= 4 is 15.9 Å². The molecule has 0 fully saturated rings. The Bertz CT molecular complexity index is 515. The number of benzene rings is 1. The molecule has 0 atom stereocenters. The molecular formula is C11H11BrFN3O. The van der Waals surface area contributed by atoms with E-state index >= 15 is 0 Å². The minimum absolute atomic E-state index is 0.242. The molecule has 6 heteroatoms. The molecule has 0 aliphatic rings. The zero-order chi connectivity index (χ0) is 12.3. The van der Waals surface area contributed by atoms with Crippen molar-refractivity contribution in [1.82, 2.24) is 15.5 Å². The van der Waals surface area contributed by atoms with E-state index < -0.39 is 0 Å². The first-order valence-corrected chi connectivity index (χ1v) is 5.88. The highest BCUT2D eigenvalue weighted by atomic mass is 79.9. The van der Waals surface area contributed by atoms with Gasteiger partial charge in [0, 0.05) is 16.6 Å². The average molecular weight is 300 g/mol. The van der Waals surface area contributed by atoms with Crippen molar-refractivity contribution in [3.05, 3.63) is 45.8 Å². The highest BCUT2D eigenvalue weighted by Crippen LogP contribution is 2.15. The first kappa shape index (κ1) is 12.2. The fourth-order valence-corrected chi connectivity index (χ4v) is 1.71. The molecule has 1 aromatic carbocycles. The first-order chi connectivity index (χ1) is 8.15. The number of nitrogens with zero attached hydrogens (tertiary/aromatic N) is 2. The highest BCUT2D eigenvalue weighted by molar-refractivity contribution is 9.10. The first-order valence-electron chi connectivity index (χ1n) is 5.09. The van der Waals surface area contributed by atoms with Gasteiger partial charge < -0.3 is 9.84 Å². The number of nitrogens with one attached hydrogen (secondary N) is 1. The largest absolute Gasteiger partial charge is 0.338 e. The van der Waals surface area contributed by atoms with Gasteiger partial charge in [0.1, 0.15) is 5.82 Å². The van der Waals surface area contributed by atoms with Crippen LogP contribution in [-0.4, -0.2) is 10.1 Å². The molecule has 0 aliphatic heterocycles. The molecule has 90 valence electrons. The van der Waals surface area contributed by atoms with Crippen LogP contribution in [0.25, 0.3) is 0 Å². The summed E-state index contributed by atoms with van der Waals surface area (Å²) in [6, 6.07) is 4.97. The summed E-state index contributed by atoms with van der Waals surface area (Å²) < 4.78 is 19.1. The quantitative estimate of drug-likeness (QED) is 0.943. The molecular weight excluding hydrogens is 289 g/mol. The summed E-state index contributed by atoms with van der Waals surface area (Å²) in [5.41, 5.74) is 0.601. The number of halogens is 2. The standard InChI is InChI=1S/C11H11BrFN3O/c1-7-15-11(17-16-7)6-14-5-8-2-3-9(12)4-10(8)13/h2-4,14H,5-6H2,1H3. The molecule has 0 radical (unpaired) electrons. The molecule has 0 spiro atoms. The molecule has 2 rings (SSSR count). The van der Waals surface area contributed by atoms with Crippen LogP contribution in [0.3, 0.4) is 0 Å². The SMILES string of the molecule is Cc1noc(CNCc2ccc(Br)cc2F)n1. The average Bonchev–Trinajstić information content (AvgIpc) is 2.68. The lowest BCUT2D eigenvalue weighted by Crippen LogP contribution is -2.14. The van der Waals surface area contributed by atoms with E-state index in [1.807, 2.05) is 0 Å². The molecule has 0 aliphatic carbocycles. The minimum atomic E-state index is -0.242. The normalized spacial score (nSPS) is 10.8. The molecule has 17 heavy (non-hydrogen) atoms. The summed E-state index contributed by atoms with van der Waals surface area (Å²) in [5, 5.41) is 6.71. The Morgan fingerprint density at radius 2 is 2.24 bits per heavy atom. The Morgan fingerprint density at radius 3 is 2.88 bits per heavy atom. The van der Waals surface area contributed by atoms with E-state index in [1.165, 1.54) is 6.07 Å². The summed E-state index contributed by atoms with van der Waals surface area (Å²) >= 11 is 3.21. The topological polar surface area (TPSA) is 51.0 Å². The van der Waals surface area contributed by atoms with Crippen molar-refractivity contribution in [3.63, 3.8) is 0 Å². The lowest BCUT2D eigenvalue weighted by Gasteiger charge is -2.04. The monoisotopic (exact) mass is 299 g/mol. The van der Waals surface area contributed by atoms with Crippen LogP contribution in [0.1, 0.15) is 17.3 Å². The van der Waals surface area contributed by atoms with Gasteiger partial charge in [-0.2, -0.15) is 4.98 Å². The van der Waals surface area contributed by atoms with E-state index in [0.29, 0.717) is 30.4 Å². The van der Waals surface area contributed by atoms with Crippen molar-refractivity contribution in [3.8, 4) is 0 Å². The lowest BCUT2D eigenvalue weighted by molar-refractivity contribution is 0.363. The maximum absolute atomic E-state index is 13.5. The molecule has 0 amide bonds. The maximum Gasteiger partial charge on any atom is 0.240 e. The number of hydrogen-bond donors (Lipinski definition) is 1. The highest BCUT2D eigenvalue weighted by Gasteiger charge is 2.04. The molecule has 0 saturated heterocycles. The fourth-order valence-electron chi connectivity index (χ4n) is 1.38. The van der Waals surface area contributed by atoms with Crippen LogP contribution >= 0.6 is 15.9 Å². The van der Waals surface area contributed by atoms with Gasteiger partial charge in [-0.05, 0) is 19.1 Å². The Kier molecular flexibility index (Phi) is 3.86. The zero-order valence-corrected chi connectivity index (χ0v) is 10.8. The van der Waals surface area contributed by atoms with Crippen LogP contribution in [0, 0.1) is 12.7 Å². The van der Waals surface area contributed by atoms with Crippen molar-refractivity contribution in [2.24, 2.45) is 0 Å². The van der Waals surface area contributed by atoms with Gasteiger partial charge in [-0.1, -0.05) is 27.2 Å². The van der Waals surface area contributed by atoms with Crippen molar-refractivity contribution < 1.29 is 8.91 Å². The van der Waals surface area contributed by atoms with Crippen LogP contribution in [0.15, 0.2) is 27.2 Å². The summed E-state index contributed by atoms with van der Waals surface area (Å²) in [7, 11) is 0. The van der Waals surface area contributed by atoms with E-state index in [1.54, 1.807) is 19.1 Å². The molecule has 0 saturated carbocycles. The van der Waals surface area contributed by atoms with Crippen molar-refractivity contribution in [1.29, 1.82) is 0 Å². The molecule has 4 nitrogen and oxygen atoms in total. The Morgan fingerprint density at radius 1 is 1.41 bits per heavy atom. The summed E-state index contributed by atoms with van der Waals surface area (Å²) in [4.78, 5) is 4.04. The van der Waals surface area contributed by atoms with Gasteiger partial charge in [-0.15, -0.1) is 0 Å². The fraction of sp³-hybridized carbons (Fsp3) is 0.273. The van der Waals surface area contributed by atoms with E-state index in [0.717, 1.165) is 4.47 Å². The lowest BCUT2D eigenvalue weighted by atomic mass is 10.2. The third-order valence-electron chi connectivity index (χ3n) is 2.18. The van der Waals surface area contributed by atoms with Gasteiger partial charge in [0.2, 0.25) is 5.89 Å². The third kappa shape index (κ3) is 3.34. The Balaban J connectivity index is 1.90. The molecule has 0 unspecified atom stereocenters. The van der Waals surface area contributed by atoms with Gasteiger partial charge in [0.15, 0.2) is 5.82 Å². The van der Waals surface area contributed by atoms with E-state index in [4.69, 9.17) is 4.52 Å². The van der Waals surface area contributed by atoms with Gasteiger partial charge >= 0.3 is 0 Å². The predicted octanol–water partition coefficient (Wildman–Crippen LogP) is 2.57. The van der Waals surface area contributed by atoms with Crippen LogP contribution in [0.5, 0.6) is 0 Å². The third-order valence-corrected chi connectivity index (χ3v) is 2.67. The van der Waals surface area contributed by atoms with Gasteiger partial charge in [0.25, 0.3) is 0 Å². The minimum Gasteiger partial charge on any atom is -0.338 e. The Labute approximate surface area is 106 Å². The smallest absolute Gasteiger partial charge is 0.240 e. The second-order valence-electron chi connectivity index (χ2n) is 3.57. The number of rotatable bonds is 4. The summed E-state index contributed by atoms with van der Waals surface area (Å²) in [6.45, 7) is 2.60.